The lowest BCUT2D eigenvalue weighted by Crippen LogP contribution is -1.89. The third kappa shape index (κ3) is 5.38. The van der Waals surface area contributed by atoms with Gasteiger partial charge in [-0.05, 0) is 24.2 Å². The van der Waals surface area contributed by atoms with Gasteiger partial charge in [0.05, 0.1) is 0 Å². The van der Waals surface area contributed by atoms with Crippen LogP contribution in [0, 0.1) is 5.92 Å². The first kappa shape index (κ1) is 13.6. The maximum Gasteiger partial charge on any atom is 0.141 e. The molecule has 0 spiro atoms. The van der Waals surface area contributed by atoms with E-state index in [-0.39, 0.29) is 0 Å². The molecule has 0 aliphatic heterocycles. The molecule has 0 fully saturated rings. The Morgan fingerprint density at radius 1 is 1.57 bits per heavy atom. The summed E-state index contributed by atoms with van der Waals surface area (Å²) >= 11 is 4.44. The van der Waals surface area contributed by atoms with Crippen LogP contribution in [-0.2, 0) is 0 Å². The van der Waals surface area contributed by atoms with E-state index in [1.807, 2.05) is 6.92 Å². The van der Waals surface area contributed by atoms with E-state index >= 15 is 0 Å². The van der Waals surface area contributed by atoms with E-state index < -0.39 is 0 Å². The first-order chi connectivity index (χ1) is 6.49. The van der Waals surface area contributed by atoms with Gasteiger partial charge >= 0.3 is 0 Å². The molecule has 0 bridgehead atoms. The largest absolute Gasteiger partial charge is 0.144 e. The van der Waals surface area contributed by atoms with E-state index in [1.54, 1.807) is 0 Å². The molecule has 78 valence electrons. The van der Waals surface area contributed by atoms with Gasteiger partial charge in [-0.2, -0.15) is 0 Å². The minimum absolute atomic E-state index is 0.639. The van der Waals surface area contributed by atoms with Gasteiger partial charge < -0.3 is 0 Å². The monoisotopic (exact) mass is 208 g/mol. The van der Waals surface area contributed by atoms with Crippen molar-refractivity contribution in [2.24, 2.45) is 5.92 Å². The zero-order chi connectivity index (χ0) is 11.1. The summed E-state index contributed by atoms with van der Waals surface area (Å²) in [6.07, 6.45) is 6.78. The Labute approximate surface area is 95.0 Å². The topological polar surface area (TPSA) is 0 Å². The van der Waals surface area contributed by atoms with Crippen LogP contribution in [0.25, 0.3) is 0 Å². The van der Waals surface area contributed by atoms with E-state index in [1.165, 1.54) is 18.3 Å². The first-order valence-electron chi connectivity index (χ1n) is 5.23. The molecule has 0 aromatic rings. The quantitative estimate of drug-likeness (QED) is 0.400. The second-order valence-corrected chi connectivity index (χ2v) is 4.40. The maximum absolute atomic E-state index is 4.44. The van der Waals surface area contributed by atoms with E-state index in [9.17, 15) is 0 Å². The molecular weight excluding hydrogens is 187 g/mol. The van der Waals surface area contributed by atoms with Gasteiger partial charge in [0.15, 0.2) is 0 Å². The van der Waals surface area contributed by atoms with Crippen molar-refractivity contribution in [3.8, 4) is 0 Å². The van der Waals surface area contributed by atoms with Crippen LogP contribution in [0.1, 0.15) is 33.6 Å². The highest BCUT2D eigenvalue weighted by Gasteiger charge is 1.97. The van der Waals surface area contributed by atoms with Crippen molar-refractivity contribution in [3.05, 3.63) is 34.7 Å². The number of hydrogen-bond acceptors (Lipinski definition) is 1. The fourth-order valence-corrected chi connectivity index (χ4v) is 1.43. The van der Waals surface area contributed by atoms with Gasteiger partial charge in [-0.25, -0.2) is 0 Å². The van der Waals surface area contributed by atoms with Crippen LogP contribution in [0.5, 0.6) is 0 Å². The smallest absolute Gasteiger partial charge is 0.141 e. The number of allylic oxidation sites excluding steroid dienone is 4. The fourth-order valence-electron chi connectivity index (χ4n) is 1.15. The van der Waals surface area contributed by atoms with Crippen LogP contribution in [0.3, 0.4) is 0 Å². The van der Waals surface area contributed by atoms with Crippen molar-refractivity contribution < 1.29 is 0 Å². The van der Waals surface area contributed by atoms with Crippen LogP contribution in [0.2, 0.25) is 0 Å². The zero-order valence-electron chi connectivity index (χ0n) is 9.80. The molecule has 0 aromatic heterocycles. The van der Waals surface area contributed by atoms with Crippen LogP contribution in [0.4, 0.5) is 0 Å². The summed E-state index contributed by atoms with van der Waals surface area (Å²) < 4.78 is 0. The Morgan fingerprint density at radius 2 is 2.14 bits per heavy atom. The minimum atomic E-state index is 0.639. The molecule has 0 amide bonds. The van der Waals surface area contributed by atoms with Gasteiger partial charge in [-0.15, -0.1) is 12.6 Å². The van der Waals surface area contributed by atoms with Crippen molar-refractivity contribution in [1.82, 2.24) is 0 Å². The molecule has 1 atom stereocenters. The van der Waals surface area contributed by atoms with Crippen LogP contribution < -0.4 is 0 Å². The highest BCUT2D eigenvalue weighted by atomic mass is 32.1. The zero-order valence-corrected chi connectivity index (χ0v) is 10.7. The van der Waals surface area contributed by atoms with Gasteiger partial charge in [0.2, 0.25) is 0 Å². The average Bonchev–Trinajstić information content (AvgIpc) is 2.13. The number of rotatable bonds is 5. The van der Waals surface area contributed by atoms with Gasteiger partial charge in [0.1, 0.15) is 7.85 Å². The molecule has 0 heterocycles. The van der Waals surface area contributed by atoms with Crippen LogP contribution >= 0.6 is 12.6 Å². The van der Waals surface area contributed by atoms with Gasteiger partial charge in [0.25, 0.3) is 0 Å². The van der Waals surface area contributed by atoms with Crippen molar-refractivity contribution in [2.75, 3.05) is 0 Å². The number of hydrogen-bond donors (Lipinski definition) is 1. The van der Waals surface area contributed by atoms with Crippen molar-refractivity contribution in [1.29, 1.82) is 0 Å². The lowest BCUT2D eigenvalue weighted by Gasteiger charge is -2.05. The molecule has 0 aromatic carbocycles. The van der Waals surface area contributed by atoms with Crippen molar-refractivity contribution in [2.45, 2.75) is 33.6 Å². The second kappa shape index (κ2) is 7.00. The van der Waals surface area contributed by atoms with Crippen LogP contribution in [0.15, 0.2) is 34.7 Å². The summed E-state index contributed by atoms with van der Waals surface area (Å²) in [5.74, 6) is 0.639. The number of thiol groups is 1. The molecule has 14 heavy (non-hydrogen) atoms. The molecule has 2 heteroatoms. The molecule has 0 saturated heterocycles. The maximum atomic E-state index is 4.44. The van der Waals surface area contributed by atoms with Gasteiger partial charge in [0, 0.05) is 0 Å². The summed E-state index contributed by atoms with van der Waals surface area (Å²) in [4.78, 5) is 1.03. The Balaban J connectivity index is 4.37. The molecule has 0 saturated carbocycles. The van der Waals surface area contributed by atoms with E-state index in [0.29, 0.717) is 5.92 Å². The third-order valence-corrected chi connectivity index (χ3v) is 2.84. The molecular formula is C12H21BS. The van der Waals surface area contributed by atoms with Gasteiger partial charge in [-0.3, -0.25) is 0 Å². The highest BCUT2D eigenvalue weighted by molar-refractivity contribution is 7.84. The Bertz CT molecular complexity index is 251. The second-order valence-electron chi connectivity index (χ2n) is 3.92. The highest BCUT2D eigenvalue weighted by Crippen LogP contribution is 2.16. The Kier molecular flexibility index (Phi) is 6.81. The minimum Gasteiger partial charge on any atom is -0.144 e. The first-order valence-corrected chi connectivity index (χ1v) is 5.67. The molecule has 0 radical (unpaired) electrons. The standard InChI is InChI=1S/C12H21BS/c1-5-6-10(4)7-8-11(14)12(13)9(2)3/h7-8,10,14H,2,5-6,13H2,1,3-4H3/b8-7+,12-11-. The predicted octanol–water partition coefficient (Wildman–Crippen LogP) is 3.33. The summed E-state index contributed by atoms with van der Waals surface area (Å²) in [6, 6.07) is 0. The lowest BCUT2D eigenvalue weighted by molar-refractivity contribution is 0.634. The average molecular weight is 208 g/mol. The van der Waals surface area contributed by atoms with Crippen molar-refractivity contribution >= 4 is 20.5 Å². The van der Waals surface area contributed by atoms with Gasteiger partial charge in [-0.1, -0.05) is 50.0 Å². The Morgan fingerprint density at radius 3 is 2.57 bits per heavy atom. The van der Waals surface area contributed by atoms with Crippen LogP contribution in [-0.4, -0.2) is 7.85 Å². The molecule has 0 rings (SSSR count). The molecule has 0 aliphatic carbocycles. The lowest BCUT2D eigenvalue weighted by atomic mass is 9.89. The predicted molar refractivity (Wildman–Crippen MR) is 72.6 cm³/mol. The Hall–Kier alpha value is -0.365. The normalized spacial score (nSPS) is 15.4. The molecule has 0 aliphatic rings. The van der Waals surface area contributed by atoms with E-state index in [0.717, 1.165) is 10.5 Å². The SMILES string of the molecule is B/C(C(=C)C)=C(S)/C=C/C(C)CCC. The summed E-state index contributed by atoms with van der Waals surface area (Å²) in [5, 5.41) is 0. The fraction of sp³-hybridized carbons (Fsp3) is 0.500. The summed E-state index contributed by atoms with van der Waals surface area (Å²) in [7, 11) is 2.06. The summed E-state index contributed by atoms with van der Waals surface area (Å²) in [5.41, 5.74) is 2.26. The van der Waals surface area contributed by atoms with E-state index in [2.05, 4.69) is 53.1 Å². The van der Waals surface area contributed by atoms with E-state index in [4.69, 9.17) is 0 Å². The van der Waals surface area contributed by atoms with Crippen molar-refractivity contribution in [3.63, 3.8) is 0 Å². The molecule has 1 unspecified atom stereocenters. The molecule has 0 N–H and O–H groups in total. The third-order valence-electron chi connectivity index (χ3n) is 2.35. The summed E-state index contributed by atoms with van der Waals surface area (Å²) in [6.45, 7) is 10.4. The molecule has 0 nitrogen and oxygen atoms in total.